The predicted octanol–water partition coefficient (Wildman–Crippen LogP) is 1.54. The van der Waals surface area contributed by atoms with Crippen LogP contribution in [0.5, 0.6) is 5.75 Å². The quantitative estimate of drug-likeness (QED) is 0.786. The van der Waals surface area contributed by atoms with Gasteiger partial charge in [-0.2, -0.15) is 0 Å². The molecule has 5 heteroatoms. The molecule has 1 aromatic carbocycles. The Bertz CT molecular complexity index is 469. The molecule has 0 fully saturated rings. The molecule has 1 atom stereocenters. The fourth-order valence-electron chi connectivity index (χ4n) is 1.74. The number of hydrogen-bond acceptors (Lipinski definition) is 4. The van der Waals surface area contributed by atoms with E-state index in [1.54, 1.807) is 6.33 Å². The van der Waals surface area contributed by atoms with Crippen LogP contribution in [0.2, 0.25) is 0 Å². The minimum atomic E-state index is 0.164. The summed E-state index contributed by atoms with van der Waals surface area (Å²) in [6.45, 7) is 3.46. The molecule has 5 nitrogen and oxygen atoms in total. The molecule has 2 rings (SSSR count). The lowest BCUT2D eigenvalue weighted by Crippen LogP contribution is -2.26. The van der Waals surface area contributed by atoms with E-state index in [0.717, 1.165) is 18.1 Å². The fourth-order valence-corrected chi connectivity index (χ4v) is 1.74. The summed E-state index contributed by atoms with van der Waals surface area (Å²) in [5.41, 5.74) is 0. The summed E-state index contributed by atoms with van der Waals surface area (Å²) in [7, 11) is 1.94. The zero-order valence-electron chi connectivity index (χ0n) is 10.7. The van der Waals surface area contributed by atoms with Crippen molar-refractivity contribution in [3.8, 4) is 5.75 Å². The monoisotopic (exact) mass is 246 g/mol. The first-order valence-electron chi connectivity index (χ1n) is 6.02. The van der Waals surface area contributed by atoms with E-state index in [-0.39, 0.29) is 6.04 Å². The fraction of sp³-hybridized carbons (Fsp3) is 0.385. The van der Waals surface area contributed by atoms with Gasteiger partial charge in [-0.1, -0.05) is 18.2 Å². The Morgan fingerprint density at radius 2 is 2.11 bits per heavy atom. The van der Waals surface area contributed by atoms with E-state index in [0.29, 0.717) is 6.61 Å². The Hall–Kier alpha value is -1.88. The lowest BCUT2D eigenvalue weighted by molar-refractivity contribution is 0.305. The molecule has 0 aliphatic heterocycles. The lowest BCUT2D eigenvalue weighted by Gasteiger charge is -2.13. The van der Waals surface area contributed by atoms with E-state index >= 15 is 0 Å². The molecule has 2 aromatic rings. The summed E-state index contributed by atoms with van der Waals surface area (Å²) in [6, 6.07) is 9.96. The van der Waals surface area contributed by atoms with Crippen molar-refractivity contribution in [2.24, 2.45) is 7.05 Å². The molecule has 0 amide bonds. The van der Waals surface area contributed by atoms with Gasteiger partial charge in [-0.05, 0) is 19.1 Å². The van der Waals surface area contributed by atoms with Gasteiger partial charge in [0, 0.05) is 13.6 Å². The van der Waals surface area contributed by atoms with Gasteiger partial charge in [-0.3, -0.25) is 0 Å². The molecule has 1 heterocycles. The minimum absolute atomic E-state index is 0.164. The number of aromatic nitrogens is 3. The second-order valence-electron chi connectivity index (χ2n) is 4.14. The van der Waals surface area contributed by atoms with Crippen molar-refractivity contribution in [3.63, 3.8) is 0 Å². The number of hydrogen-bond donors (Lipinski definition) is 1. The van der Waals surface area contributed by atoms with Crippen LogP contribution in [-0.2, 0) is 7.05 Å². The van der Waals surface area contributed by atoms with Gasteiger partial charge < -0.3 is 14.6 Å². The zero-order valence-corrected chi connectivity index (χ0v) is 10.7. The highest BCUT2D eigenvalue weighted by Gasteiger charge is 2.09. The van der Waals surface area contributed by atoms with Gasteiger partial charge in [-0.15, -0.1) is 10.2 Å². The Morgan fingerprint density at radius 3 is 2.78 bits per heavy atom. The van der Waals surface area contributed by atoms with E-state index in [2.05, 4.69) is 22.4 Å². The van der Waals surface area contributed by atoms with Crippen LogP contribution >= 0.6 is 0 Å². The van der Waals surface area contributed by atoms with Crippen molar-refractivity contribution >= 4 is 0 Å². The second-order valence-corrected chi connectivity index (χ2v) is 4.14. The van der Waals surface area contributed by atoms with Crippen molar-refractivity contribution in [2.45, 2.75) is 13.0 Å². The molecule has 1 unspecified atom stereocenters. The molecule has 1 N–H and O–H groups in total. The van der Waals surface area contributed by atoms with Crippen molar-refractivity contribution in [3.05, 3.63) is 42.5 Å². The first-order valence-corrected chi connectivity index (χ1v) is 6.02. The predicted molar refractivity (Wildman–Crippen MR) is 69.4 cm³/mol. The van der Waals surface area contributed by atoms with Gasteiger partial charge in [0.15, 0.2) is 0 Å². The molecule has 0 saturated heterocycles. The SMILES string of the molecule is CC(NCCOc1ccccc1)c1nncn1C. The lowest BCUT2D eigenvalue weighted by atomic mass is 10.3. The van der Waals surface area contributed by atoms with Gasteiger partial charge in [0.1, 0.15) is 24.5 Å². The summed E-state index contributed by atoms with van der Waals surface area (Å²) >= 11 is 0. The van der Waals surface area contributed by atoms with Crippen LogP contribution in [0.25, 0.3) is 0 Å². The van der Waals surface area contributed by atoms with E-state index in [1.165, 1.54) is 0 Å². The molecular formula is C13H18N4O. The summed E-state index contributed by atoms with van der Waals surface area (Å²) < 4.78 is 7.51. The van der Waals surface area contributed by atoms with Crippen LogP contribution in [0.1, 0.15) is 18.8 Å². The average Bonchev–Trinajstić information content (AvgIpc) is 2.82. The average molecular weight is 246 g/mol. The van der Waals surface area contributed by atoms with Crippen molar-refractivity contribution in [2.75, 3.05) is 13.2 Å². The Morgan fingerprint density at radius 1 is 1.33 bits per heavy atom. The number of benzene rings is 1. The second kappa shape index (κ2) is 6.16. The maximum atomic E-state index is 5.60. The molecule has 0 saturated carbocycles. The van der Waals surface area contributed by atoms with E-state index < -0.39 is 0 Å². The van der Waals surface area contributed by atoms with Crippen molar-refractivity contribution in [1.29, 1.82) is 0 Å². The summed E-state index contributed by atoms with van der Waals surface area (Å²) in [5, 5.41) is 11.3. The topological polar surface area (TPSA) is 52.0 Å². The van der Waals surface area contributed by atoms with Gasteiger partial charge in [0.05, 0.1) is 6.04 Å². The molecule has 18 heavy (non-hydrogen) atoms. The van der Waals surface area contributed by atoms with Crippen LogP contribution in [-0.4, -0.2) is 27.9 Å². The molecule has 0 aliphatic rings. The van der Waals surface area contributed by atoms with Gasteiger partial charge >= 0.3 is 0 Å². The normalized spacial score (nSPS) is 12.3. The highest BCUT2D eigenvalue weighted by atomic mass is 16.5. The van der Waals surface area contributed by atoms with E-state index in [4.69, 9.17) is 4.74 Å². The number of para-hydroxylation sites is 1. The maximum Gasteiger partial charge on any atom is 0.149 e. The van der Waals surface area contributed by atoms with Crippen LogP contribution in [0.3, 0.4) is 0 Å². The van der Waals surface area contributed by atoms with Gasteiger partial charge in [-0.25, -0.2) is 0 Å². The number of ether oxygens (including phenoxy) is 1. The number of aryl methyl sites for hydroxylation is 1. The zero-order chi connectivity index (χ0) is 12.8. The summed E-state index contributed by atoms with van der Waals surface area (Å²) in [4.78, 5) is 0. The van der Waals surface area contributed by atoms with Gasteiger partial charge in [0.2, 0.25) is 0 Å². The Kier molecular flexibility index (Phi) is 4.30. The molecule has 0 bridgehead atoms. The Labute approximate surface area is 107 Å². The van der Waals surface area contributed by atoms with Crippen LogP contribution in [0.15, 0.2) is 36.7 Å². The Balaban J connectivity index is 1.71. The molecular weight excluding hydrogens is 228 g/mol. The van der Waals surface area contributed by atoms with E-state index in [1.807, 2.05) is 41.9 Å². The van der Waals surface area contributed by atoms with E-state index in [9.17, 15) is 0 Å². The third-order valence-electron chi connectivity index (χ3n) is 2.70. The standard InChI is InChI=1S/C13H18N4O/c1-11(13-16-15-10-17(13)2)14-8-9-18-12-6-4-3-5-7-12/h3-7,10-11,14H,8-9H2,1-2H3. The number of nitrogens with zero attached hydrogens (tertiary/aromatic N) is 3. The maximum absolute atomic E-state index is 5.60. The molecule has 0 radical (unpaired) electrons. The third kappa shape index (κ3) is 3.30. The molecule has 1 aromatic heterocycles. The highest BCUT2D eigenvalue weighted by molar-refractivity contribution is 5.20. The third-order valence-corrected chi connectivity index (χ3v) is 2.70. The molecule has 0 spiro atoms. The van der Waals surface area contributed by atoms with Crippen molar-refractivity contribution < 1.29 is 4.74 Å². The number of rotatable bonds is 6. The number of nitrogens with one attached hydrogen (secondary N) is 1. The smallest absolute Gasteiger partial charge is 0.149 e. The minimum Gasteiger partial charge on any atom is -0.492 e. The first kappa shape index (κ1) is 12.6. The van der Waals surface area contributed by atoms with Crippen LogP contribution in [0.4, 0.5) is 0 Å². The highest BCUT2D eigenvalue weighted by Crippen LogP contribution is 2.08. The summed E-state index contributed by atoms with van der Waals surface area (Å²) in [6.07, 6.45) is 1.70. The van der Waals surface area contributed by atoms with Crippen molar-refractivity contribution in [1.82, 2.24) is 20.1 Å². The summed E-state index contributed by atoms with van der Waals surface area (Å²) in [5.74, 6) is 1.82. The van der Waals surface area contributed by atoms with Crippen LogP contribution < -0.4 is 10.1 Å². The molecule has 0 aliphatic carbocycles. The molecule has 96 valence electrons. The first-order chi connectivity index (χ1) is 8.77. The largest absolute Gasteiger partial charge is 0.492 e. The van der Waals surface area contributed by atoms with Gasteiger partial charge in [0.25, 0.3) is 0 Å². The van der Waals surface area contributed by atoms with Crippen LogP contribution in [0, 0.1) is 0 Å².